The number of carbonyl (C=O) groups excluding carboxylic acids is 1. The second kappa shape index (κ2) is 6.48. The minimum atomic E-state index is -0.0108. The van der Waals surface area contributed by atoms with Crippen LogP contribution in [0.3, 0.4) is 0 Å². The number of halogens is 1. The van der Waals surface area contributed by atoms with E-state index in [1.54, 1.807) is 0 Å². The summed E-state index contributed by atoms with van der Waals surface area (Å²) in [5.74, 6) is -0.0108. The highest BCUT2D eigenvalue weighted by molar-refractivity contribution is 9.10. The van der Waals surface area contributed by atoms with Crippen LogP contribution in [0.15, 0.2) is 34.8 Å². The Morgan fingerprint density at radius 3 is 2.94 bits per heavy atom. The number of rotatable bonds is 4. The van der Waals surface area contributed by atoms with Crippen LogP contribution in [0.5, 0.6) is 0 Å². The molecule has 0 fully saturated rings. The lowest BCUT2D eigenvalue weighted by Crippen LogP contribution is -2.24. The highest BCUT2D eigenvalue weighted by Crippen LogP contribution is 2.15. The third kappa shape index (κ3) is 3.81. The van der Waals surface area contributed by atoms with Crippen molar-refractivity contribution in [3.05, 3.63) is 46.0 Å². The summed E-state index contributed by atoms with van der Waals surface area (Å²) >= 11 is 3.37. The highest BCUT2D eigenvalue weighted by atomic mass is 79.9. The van der Waals surface area contributed by atoms with E-state index in [9.17, 15) is 4.79 Å². The molecule has 0 heterocycles. The maximum absolute atomic E-state index is 11.8. The summed E-state index contributed by atoms with van der Waals surface area (Å²) in [6.45, 7) is 4.59. The normalized spacial score (nSPS) is 10.7. The molecule has 1 aromatic carbocycles. The predicted molar refractivity (Wildman–Crippen MR) is 70.6 cm³/mol. The Morgan fingerprint density at radius 1 is 1.50 bits per heavy atom. The van der Waals surface area contributed by atoms with Crippen LogP contribution in [0.4, 0.5) is 0 Å². The molecule has 0 aromatic heterocycles. The van der Waals surface area contributed by atoms with Gasteiger partial charge < -0.3 is 5.32 Å². The minimum absolute atomic E-state index is 0.0108. The summed E-state index contributed by atoms with van der Waals surface area (Å²) in [4.78, 5) is 11.8. The van der Waals surface area contributed by atoms with Gasteiger partial charge in [0.15, 0.2) is 0 Å². The zero-order chi connectivity index (χ0) is 12.0. The summed E-state index contributed by atoms with van der Waals surface area (Å²) in [6.07, 6.45) is 4.89. The Morgan fingerprint density at radius 2 is 2.25 bits per heavy atom. The lowest BCUT2D eigenvalue weighted by molar-refractivity contribution is 0.0953. The molecule has 3 heteroatoms. The van der Waals surface area contributed by atoms with Crippen molar-refractivity contribution in [3.63, 3.8) is 0 Å². The second-order valence-electron chi connectivity index (χ2n) is 3.57. The van der Waals surface area contributed by atoms with Gasteiger partial charge in [0.25, 0.3) is 5.91 Å². The van der Waals surface area contributed by atoms with Gasteiger partial charge in [0.05, 0.1) is 0 Å². The fourth-order valence-corrected chi connectivity index (χ4v) is 1.73. The van der Waals surface area contributed by atoms with Crippen LogP contribution in [-0.2, 0) is 0 Å². The van der Waals surface area contributed by atoms with Gasteiger partial charge in [-0.2, -0.15) is 0 Å². The summed E-state index contributed by atoms with van der Waals surface area (Å²) in [6, 6.07) is 5.72. The first-order chi connectivity index (χ1) is 7.65. The Labute approximate surface area is 105 Å². The number of nitrogens with one attached hydrogen (secondary N) is 1. The van der Waals surface area contributed by atoms with Gasteiger partial charge in [0.2, 0.25) is 0 Å². The molecule has 16 heavy (non-hydrogen) atoms. The van der Waals surface area contributed by atoms with Crippen molar-refractivity contribution in [2.24, 2.45) is 0 Å². The molecule has 0 aliphatic rings. The Kier molecular flexibility index (Phi) is 5.26. The van der Waals surface area contributed by atoms with Crippen LogP contribution in [-0.4, -0.2) is 12.5 Å². The number of allylic oxidation sites excluding steroid dienone is 1. The molecular formula is C13H16BrNO. The zero-order valence-electron chi connectivity index (χ0n) is 9.59. The Balaban J connectivity index is 2.62. The molecule has 0 atom stereocenters. The molecular weight excluding hydrogens is 266 g/mol. The third-order valence-electron chi connectivity index (χ3n) is 2.28. The summed E-state index contributed by atoms with van der Waals surface area (Å²) in [5.41, 5.74) is 1.72. The van der Waals surface area contributed by atoms with Gasteiger partial charge in [-0.1, -0.05) is 34.1 Å². The minimum Gasteiger partial charge on any atom is -0.352 e. The average Bonchev–Trinajstić information content (AvgIpc) is 2.27. The van der Waals surface area contributed by atoms with E-state index >= 15 is 0 Å². The van der Waals surface area contributed by atoms with Crippen LogP contribution >= 0.6 is 15.9 Å². The van der Waals surface area contributed by atoms with Crippen molar-refractivity contribution in [1.82, 2.24) is 5.32 Å². The van der Waals surface area contributed by atoms with Gasteiger partial charge in [-0.05, 0) is 38.0 Å². The lowest BCUT2D eigenvalue weighted by atomic mass is 10.1. The molecule has 0 bridgehead atoms. The molecule has 1 rings (SSSR count). The fraction of sp³-hybridized carbons (Fsp3) is 0.308. The zero-order valence-corrected chi connectivity index (χ0v) is 11.2. The lowest BCUT2D eigenvalue weighted by Gasteiger charge is -2.07. The van der Waals surface area contributed by atoms with E-state index in [1.807, 2.05) is 44.2 Å². The van der Waals surface area contributed by atoms with Crippen LogP contribution in [0.25, 0.3) is 0 Å². The number of benzene rings is 1. The van der Waals surface area contributed by atoms with Crippen molar-refractivity contribution in [1.29, 1.82) is 0 Å². The molecule has 1 N–H and O–H groups in total. The van der Waals surface area contributed by atoms with Crippen LogP contribution < -0.4 is 5.32 Å². The van der Waals surface area contributed by atoms with Crippen molar-refractivity contribution in [2.75, 3.05) is 6.54 Å². The highest BCUT2D eigenvalue weighted by Gasteiger charge is 2.07. The maximum Gasteiger partial charge on any atom is 0.251 e. The predicted octanol–water partition coefficient (Wildman–Crippen LogP) is 3.45. The van der Waals surface area contributed by atoms with Gasteiger partial charge >= 0.3 is 0 Å². The molecule has 0 saturated carbocycles. The topological polar surface area (TPSA) is 29.1 Å². The number of aryl methyl sites for hydroxylation is 1. The first-order valence-corrected chi connectivity index (χ1v) is 6.10. The van der Waals surface area contributed by atoms with Crippen LogP contribution in [0.1, 0.15) is 29.3 Å². The van der Waals surface area contributed by atoms with E-state index in [0.717, 1.165) is 22.0 Å². The van der Waals surface area contributed by atoms with E-state index in [4.69, 9.17) is 0 Å². The fourth-order valence-electron chi connectivity index (χ4n) is 1.37. The van der Waals surface area contributed by atoms with Crippen LogP contribution in [0.2, 0.25) is 0 Å². The van der Waals surface area contributed by atoms with Gasteiger partial charge in [0.1, 0.15) is 0 Å². The number of hydrogen-bond acceptors (Lipinski definition) is 1. The molecule has 0 aliphatic heterocycles. The number of carbonyl (C=O) groups is 1. The van der Waals surface area contributed by atoms with Crippen molar-refractivity contribution < 1.29 is 4.79 Å². The van der Waals surface area contributed by atoms with E-state index in [0.29, 0.717) is 6.54 Å². The van der Waals surface area contributed by atoms with Gasteiger partial charge in [0, 0.05) is 16.6 Å². The molecule has 1 amide bonds. The summed E-state index contributed by atoms with van der Waals surface area (Å²) in [5, 5.41) is 2.89. The largest absolute Gasteiger partial charge is 0.352 e. The first kappa shape index (κ1) is 13.0. The van der Waals surface area contributed by atoms with E-state index < -0.39 is 0 Å². The number of amides is 1. The van der Waals surface area contributed by atoms with Gasteiger partial charge in [-0.3, -0.25) is 4.79 Å². The SMILES string of the molecule is C/C=C/CCNC(=O)c1cc(Br)ccc1C. The Bertz CT molecular complexity index is 399. The molecule has 0 unspecified atom stereocenters. The van der Waals surface area contributed by atoms with Gasteiger partial charge in [-0.15, -0.1) is 0 Å². The van der Waals surface area contributed by atoms with Crippen LogP contribution in [0, 0.1) is 6.92 Å². The molecule has 0 radical (unpaired) electrons. The quantitative estimate of drug-likeness (QED) is 0.665. The molecule has 0 saturated heterocycles. The van der Waals surface area contributed by atoms with Crippen molar-refractivity contribution in [3.8, 4) is 0 Å². The summed E-state index contributed by atoms with van der Waals surface area (Å²) < 4.78 is 0.928. The molecule has 0 spiro atoms. The molecule has 2 nitrogen and oxygen atoms in total. The first-order valence-electron chi connectivity index (χ1n) is 5.30. The van der Waals surface area contributed by atoms with Gasteiger partial charge in [-0.25, -0.2) is 0 Å². The molecule has 86 valence electrons. The van der Waals surface area contributed by atoms with E-state index in [-0.39, 0.29) is 5.91 Å². The third-order valence-corrected chi connectivity index (χ3v) is 2.77. The average molecular weight is 282 g/mol. The van der Waals surface area contributed by atoms with E-state index in [2.05, 4.69) is 21.2 Å². The molecule has 0 aliphatic carbocycles. The van der Waals surface area contributed by atoms with E-state index in [1.165, 1.54) is 0 Å². The maximum atomic E-state index is 11.8. The monoisotopic (exact) mass is 281 g/mol. The smallest absolute Gasteiger partial charge is 0.251 e. The van der Waals surface area contributed by atoms with Crippen molar-refractivity contribution >= 4 is 21.8 Å². The Hall–Kier alpha value is -1.09. The molecule has 1 aromatic rings. The number of hydrogen-bond donors (Lipinski definition) is 1. The second-order valence-corrected chi connectivity index (χ2v) is 4.49. The van der Waals surface area contributed by atoms with Crippen molar-refractivity contribution in [2.45, 2.75) is 20.3 Å². The summed E-state index contributed by atoms with van der Waals surface area (Å²) in [7, 11) is 0. The standard InChI is InChI=1S/C13H16BrNO/c1-3-4-5-8-15-13(16)12-9-11(14)7-6-10(12)2/h3-4,6-7,9H,5,8H2,1-2H3,(H,15,16)/b4-3+.